The first-order valence-corrected chi connectivity index (χ1v) is 4.95. The summed E-state index contributed by atoms with van der Waals surface area (Å²) in [6, 6.07) is 3.87. The summed E-state index contributed by atoms with van der Waals surface area (Å²) in [5.41, 5.74) is 0.832. The van der Waals surface area contributed by atoms with Crippen LogP contribution in [-0.2, 0) is 0 Å². The zero-order chi connectivity index (χ0) is 13.1. The summed E-state index contributed by atoms with van der Waals surface area (Å²) in [6.45, 7) is 0. The Labute approximate surface area is 102 Å². The molecule has 0 bridgehead atoms. The van der Waals surface area contributed by atoms with Gasteiger partial charge in [0.05, 0.1) is 11.1 Å². The second kappa shape index (κ2) is 4.62. The van der Waals surface area contributed by atoms with Crippen LogP contribution in [0.1, 0.15) is 20.7 Å². The Morgan fingerprint density at radius 3 is 1.78 bits per heavy atom. The molecule has 2 aromatic rings. The normalized spacial score (nSPS) is 10.0. The van der Waals surface area contributed by atoms with Crippen molar-refractivity contribution >= 4 is 11.9 Å². The number of carboxylic acids is 2. The highest BCUT2D eigenvalue weighted by atomic mass is 16.4. The van der Waals surface area contributed by atoms with Crippen LogP contribution in [0.3, 0.4) is 0 Å². The van der Waals surface area contributed by atoms with Gasteiger partial charge in [-0.2, -0.15) is 0 Å². The van der Waals surface area contributed by atoms with Gasteiger partial charge >= 0.3 is 11.9 Å². The number of hydrogen-bond donors (Lipinski definition) is 2. The molecule has 0 radical (unpaired) electrons. The van der Waals surface area contributed by atoms with Crippen LogP contribution < -0.4 is 0 Å². The molecule has 0 aliphatic carbocycles. The second-order valence-electron chi connectivity index (χ2n) is 3.54. The van der Waals surface area contributed by atoms with E-state index in [1.807, 2.05) is 0 Å². The molecule has 1 aromatic carbocycles. The minimum atomic E-state index is -1.18. The van der Waals surface area contributed by atoms with Gasteiger partial charge < -0.3 is 10.2 Å². The van der Waals surface area contributed by atoms with E-state index >= 15 is 0 Å². The van der Waals surface area contributed by atoms with E-state index in [9.17, 15) is 9.59 Å². The fourth-order valence-electron chi connectivity index (χ4n) is 1.49. The first kappa shape index (κ1) is 11.7. The molecule has 0 spiro atoms. The molecule has 0 fully saturated rings. The summed E-state index contributed by atoms with van der Waals surface area (Å²) in [5.74, 6) is -2.37. The molecule has 0 saturated carbocycles. The average molecular weight is 244 g/mol. The zero-order valence-corrected chi connectivity index (χ0v) is 9.07. The smallest absolute Gasteiger partial charge is 0.335 e. The molecule has 0 aliphatic heterocycles. The van der Waals surface area contributed by atoms with Gasteiger partial charge in [0, 0.05) is 18.0 Å². The van der Waals surface area contributed by atoms with Crippen LogP contribution in [0.2, 0.25) is 0 Å². The Hall–Kier alpha value is -2.76. The predicted octanol–water partition coefficient (Wildman–Crippen LogP) is 1.54. The maximum atomic E-state index is 10.9. The number of aromatic carboxylic acids is 2. The Morgan fingerprint density at radius 2 is 1.33 bits per heavy atom. The lowest BCUT2D eigenvalue weighted by Crippen LogP contribution is -2.03. The van der Waals surface area contributed by atoms with E-state index < -0.39 is 11.9 Å². The van der Waals surface area contributed by atoms with E-state index in [4.69, 9.17) is 10.2 Å². The molecule has 0 unspecified atom stereocenters. The average Bonchev–Trinajstić information content (AvgIpc) is 2.39. The molecule has 0 atom stereocenters. The fourth-order valence-corrected chi connectivity index (χ4v) is 1.49. The van der Waals surface area contributed by atoms with E-state index in [0.717, 1.165) is 6.07 Å². The van der Waals surface area contributed by atoms with Crippen molar-refractivity contribution < 1.29 is 19.8 Å². The van der Waals surface area contributed by atoms with Gasteiger partial charge in [0.2, 0.25) is 0 Å². The van der Waals surface area contributed by atoms with Gasteiger partial charge in [0.15, 0.2) is 0 Å². The quantitative estimate of drug-likeness (QED) is 0.849. The lowest BCUT2D eigenvalue weighted by atomic mass is 10.0. The molecule has 0 aliphatic rings. The molecular weight excluding hydrogens is 236 g/mol. The van der Waals surface area contributed by atoms with E-state index in [2.05, 4.69) is 9.97 Å². The molecule has 2 N–H and O–H groups in total. The summed E-state index contributed by atoms with van der Waals surface area (Å²) in [4.78, 5) is 29.5. The molecule has 1 aromatic heterocycles. The third-order valence-corrected chi connectivity index (χ3v) is 2.32. The molecule has 6 nitrogen and oxygen atoms in total. The van der Waals surface area contributed by atoms with Crippen LogP contribution in [0.15, 0.2) is 36.9 Å². The number of hydrogen-bond acceptors (Lipinski definition) is 4. The van der Waals surface area contributed by atoms with Crippen LogP contribution in [0.25, 0.3) is 11.1 Å². The minimum Gasteiger partial charge on any atom is -0.478 e. The van der Waals surface area contributed by atoms with Crippen molar-refractivity contribution in [2.45, 2.75) is 0 Å². The van der Waals surface area contributed by atoms with Crippen molar-refractivity contribution in [3.8, 4) is 11.1 Å². The maximum absolute atomic E-state index is 10.9. The standard InChI is InChI=1S/C12H8N2O4/c15-11(16)8-1-7(2-9(3-8)12(17)18)10-4-13-6-14-5-10/h1-6H,(H,15,16)(H,17,18). The molecule has 90 valence electrons. The summed E-state index contributed by atoms with van der Waals surface area (Å²) in [6.07, 6.45) is 4.31. The Morgan fingerprint density at radius 1 is 0.833 bits per heavy atom. The number of nitrogens with zero attached hydrogens (tertiary/aromatic N) is 2. The summed E-state index contributed by atoms with van der Waals surface area (Å²) >= 11 is 0. The summed E-state index contributed by atoms with van der Waals surface area (Å²) in [7, 11) is 0. The SMILES string of the molecule is O=C(O)c1cc(C(=O)O)cc(-c2cncnc2)c1. The predicted molar refractivity (Wildman–Crippen MR) is 61.4 cm³/mol. The third-order valence-electron chi connectivity index (χ3n) is 2.32. The Bertz CT molecular complexity index is 578. The molecular formula is C12H8N2O4. The van der Waals surface area contributed by atoms with Crippen LogP contribution in [0, 0.1) is 0 Å². The van der Waals surface area contributed by atoms with Crippen molar-refractivity contribution in [2.24, 2.45) is 0 Å². The van der Waals surface area contributed by atoms with E-state index in [-0.39, 0.29) is 11.1 Å². The van der Waals surface area contributed by atoms with E-state index in [0.29, 0.717) is 11.1 Å². The van der Waals surface area contributed by atoms with E-state index in [1.54, 1.807) is 0 Å². The lowest BCUT2D eigenvalue weighted by Gasteiger charge is -2.04. The highest BCUT2D eigenvalue weighted by Gasteiger charge is 2.12. The number of benzene rings is 1. The number of carboxylic acid groups (broad SMARTS) is 2. The van der Waals surface area contributed by atoms with Gasteiger partial charge in [-0.05, 0) is 23.8 Å². The molecule has 18 heavy (non-hydrogen) atoms. The lowest BCUT2D eigenvalue weighted by molar-refractivity contribution is 0.0696. The van der Waals surface area contributed by atoms with Gasteiger partial charge in [0.1, 0.15) is 6.33 Å². The van der Waals surface area contributed by atoms with Crippen molar-refractivity contribution in [3.05, 3.63) is 48.0 Å². The molecule has 0 amide bonds. The molecule has 6 heteroatoms. The number of rotatable bonds is 3. The van der Waals surface area contributed by atoms with Gasteiger partial charge in [-0.15, -0.1) is 0 Å². The minimum absolute atomic E-state index is 0.0891. The molecule has 1 heterocycles. The van der Waals surface area contributed by atoms with Gasteiger partial charge in [-0.1, -0.05) is 0 Å². The van der Waals surface area contributed by atoms with Crippen molar-refractivity contribution in [3.63, 3.8) is 0 Å². The fraction of sp³-hybridized carbons (Fsp3) is 0. The van der Waals surface area contributed by atoms with Crippen molar-refractivity contribution in [1.29, 1.82) is 0 Å². The van der Waals surface area contributed by atoms with Crippen LogP contribution >= 0.6 is 0 Å². The second-order valence-corrected chi connectivity index (χ2v) is 3.54. The monoisotopic (exact) mass is 244 g/mol. The number of aromatic nitrogens is 2. The highest BCUT2D eigenvalue weighted by molar-refractivity contribution is 5.96. The Kier molecular flexibility index (Phi) is 3.01. The van der Waals surface area contributed by atoms with Gasteiger partial charge in [-0.25, -0.2) is 19.6 Å². The summed E-state index contributed by atoms with van der Waals surface area (Å²) < 4.78 is 0. The first-order chi connectivity index (χ1) is 8.58. The molecule has 2 rings (SSSR count). The zero-order valence-electron chi connectivity index (χ0n) is 9.07. The van der Waals surface area contributed by atoms with Crippen LogP contribution in [0.5, 0.6) is 0 Å². The maximum Gasteiger partial charge on any atom is 0.335 e. The third kappa shape index (κ3) is 2.32. The number of carbonyl (C=O) groups is 2. The Balaban J connectivity index is 2.61. The van der Waals surface area contributed by atoms with Crippen LogP contribution in [0.4, 0.5) is 0 Å². The van der Waals surface area contributed by atoms with Crippen LogP contribution in [-0.4, -0.2) is 32.1 Å². The van der Waals surface area contributed by atoms with Gasteiger partial charge in [-0.3, -0.25) is 0 Å². The van der Waals surface area contributed by atoms with Crippen molar-refractivity contribution in [1.82, 2.24) is 9.97 Å². The van der Waals surface area contributed by atoms with Gasteiger partial charge in [0.25, 0.3) is 0 Å². The first-order valence-electron chi connectivity index (χ1n) is 4.95. The van der Waals surface area contributed by atoms with E-state index in [1.165, 1.54) is 30.9 Å². The largest absolute Gasteiger partial charge is 0.478 e. The summed E-state index contributed by atoms with van der Waals surface area (Å²) in [5, 5.41) is 17.9. The van der Waals surface area contributed by atoms with Crippen molar-refractivity contribution in [2.75, 3.05) is 0 Å². The molecule has 0 saturated heterocycles. The highest BCUT2D eigenvalue weighted by Crippen LogP contribution is 2.21. The topological polar surface area (TPSA) is 100 Å².